The van der Waals surface area contributed by atoms with Crippen molar-refractivity contribution in [1.29, 1.82) is 0 Å². The lowest BCUT2D eigenvalue weighted by atomic mass is 10.2. The van der Waals surface area contributed by atoms with Crippen LogP contribution in [0.4, 0.5) is 10.1 Å². The van der Waals surface area contributed by atoms with Gasteiger partial charge < -0.3 is 5.32 Å². The van der Waals surface area contributed by atoms with Crippen LogP contribution in [-0.4, -0.2) is 22.5 Å². The van der Waals surface area contributed by atoms with Crippen molar-refractivity contribution in [3.8, 4) is 0 Å². The highest BCUT2D eigenvalue weighted by molar-refractivity contribution is 8.00. The van der Waals surface area contributed by atoms with Gasteiger partial charge in [0.15, 0.2) is 0 Å². The number of nitro benzene ring substituents is 1. The van der Waals surface area contributed by atoms with Gasteiger partial charge in [0, 0.05) is 24.4 Å². The largest absolute Gasteiger partial charge is 0.312 e. The number of benzene rings is 1. The summed E-state index contributed by atoms with van der Waals surface area (Å²) in [5, 5.41) is 14.4. The molecule has 6 heteroatoms. The van der Waals surface area contributed by atoms with E-state index >= 15 is 0 Å². The first-order chi connectivity index (χ1) is 8.66. The zero-order valence-corrected chi connectivity index (χ0v) is 10.7. The summed E-state index contributed by atoms with van der Waals surface area (Å²) in [5.74, 6) is 0.452. The molecule has 1 fully saturated rings. The van der Waals surface area contributed by atoms with Gasteiger partial charge in [0.1, 0.15) is 0 Å². The maximum Gasteiger partial charge on any atom is 0.304 e. The van der Waals surface area contributed by atoms with E-state index in [1.807, 2.05) is 11.8 Å². The molecule has 4 nitrogen and oxygen atoms in total. The van der Waals surface area contributed by atoms with E-state index in [9.17, 15) is 14.5 Å². The van der Waals surface area contributed by atoms with Crippen LogP contribution < -0.4 is 5.32 Å². The molecule has 1 saturated heterocycles. The molecule has 1 N–H and O–H groups in total. The molecule has 0 spiro atoms. The minimum atomic E-state index is -0.769. The first-order valence-corrected chi connectivity index (χ1v) is 6.97. The van der Waals surface area contributed by atoms with E-state index in [4.69, 9.17) is 0 Å². The van der Waals surface area contributed by atoms with Gasteiger partial charge in [-0.15, -0.1) is 0 Å². The van der Waals surface area contributed by atoms with Crippen LogP contribution in [0.5, 0.6) is 0 Å². The van der Waals surface area contributed by atoms with Crippen LogP contribution in [0.25, 0.3) is 0 Å². The first kappa shape index (κ1) is 13.3. The van der Waals surface area contributed by atoms with Crippen LogP contribution in [0, 0.1) is 15.9 Å². The second-order valence-corrected chi connectivity index (χ2v) is 5.72. The average Bonchev–Trinajstić information content (AvgIpc) is 2.81. The third kappa shape index (κ3) is 3.43. The molecule has 98 valence electrons. The summed E-state index contributed by atoms with van der Waals surface area (Å²) in [7, 11) is 0. The highest BCUT2D eigenvalue weighted by Gasteiger charge is 2.16. The molecule has 1 aliphatic rings. The zero-order chi connectivity index (χ0) is 13.0. The quantitative estimate of drug-likeness (QED) is 0.660. The number of halogens is 1. The van der Waals surface area contributed by atoms with E-state index in [0.717, 1.165) is 12.1 Å². The van der Waals surface area contributed by atoms with Crippen LogP contribution >= 0.6 is 11.8 Å². The summed E-state index contributed by atoms with van der Waals surface area (Å²) in [6, 6.07) is 4.04. The Kier molecular flexibility index (Phi) is 4.54. The fourth-order valence-electron chi connectivity index (χ4n) is 1.99. The van der Waals surface area contributed by atoms with Gasteiger partial charge >= 0.3 is 5.69 Å². The Morgan fingerprint density at radius 1 is 1.56 bits per heavy atom. The smallest absolute Gasteiger partial charge is 0.304 e. The molecular formula is C12H15FN2O2S. The summed E-state index contributed by atoms with van der Waals surface area (Å²) in [5.41, 5.74) is 0.270. The predicted octanol–water partition coefficient (Wildman–Crippen LogP) is 2.72. The molecular weight excluding hydrogens is 255 g/mol. The predicted molar refractivity (Wildman–Crippen MR) is 70.2 cm³/mol. The SMILES string of the molecule is O=[N+]([O-])c1ccc(CNCC2CCCS2)cc1F. The molecule has 18 heavy (non-hydrogen) atoms. The number of nitro groups is 1. The van der Waals surface area contributed by atoms with Crippen LogP contribution in [0.1, 0.15) is 18.4 Å². The standard InChI is InChI=1S/C12H15FN2O2S/c13-11-6-9(3-4-12(11)15(16)17)7-14-8-10-2-1-5-18-10/h3-4,6,10,14H,1-2,5,7-8H2. The molecule has 0 saturated carbocycles. The lowest BCUT2D eigenvalue weighted by molar-refractivity contribution is -0.387. The van der Waals surface area contributed by atoms with Crippen molar-refractivity contribution < 1.29 is 9.31 Å². The number of hydrogen-bond acceptors (Lipinski definition) is 4. The second kappa shape index (κ2) is 6.15. The van der Waals surface area contributed by atoms with E-state index in [1.165, 1.54) is 30.7 Å². The topological polar surface area (TPSA) is 55.2 Å². The summed E-state index contributed by atoms with van der Waals surface area (Å²) >= 11 is 1.96. The van der Waals surface area contributed by atoms with Gasteiger partial charge in [-0.3, -0.25) is 10.1 Å². The molecule has 0 amide bonds. The minimum absolute atomic E-state index is 0.468. The molecule has 1 atom stereocenters. The van der Waals surface area contributed by atoms with Crippen molar-refractivity contribution in [3.63, 3.8) is 0 Å². The fraction of sp³-hybridized carbons (Fsp3) is 0.500. The van der Waals surface area contributed by atoms with Crippen LogP contribution in [0.3, 0.4) is 0 Å². The monoisotopic (exact) mass is 270 g/mol. The number of thioether (sulfide) groups is 1. The molecule has 1 aromatic carbocycles. The molecule has 2 rings (SSSR count). The van der Waals surface area contributed by atoms with Crippen LogP contribution in [-0.2, 0) is 6.54 Å². The Balaban J connectivity index is 1.85. The summed E-state index contributed by atoms with van der Waals surface area (Å²) in [6.45, 7) is 1.45. The van der Waals surface area contributed by atoms with Crippen molar-refractivity contribution in [2.75, 3.05) is 12.3 Å². The van der Waals surface area contributed by atoms with Crippen molar-refractivity contribution in [3.05, 3.63) is 39.7 Å². The molecule has 1 heterocycles. The third-order valence-corrected chi connectivity index (χ3v) is 4.33. The van der Waals surface area contributed by atoms with Gasteiger partial charge in [-0.25, -0.2) is 0 Å². The Hall–Kier alpha value is -1.14. The van der Waals surface area contributed by atoms with E-state index in [0.29, 0.717) is 11.8 Å². The lowest BCUT2D eigenvalue weighted by Crippen LogP contribution is -2.22. The van der Waals surface area contributed by atoms with Gasteiger partial charge in [0.25, 0.3) is 0 Å². The van der Waals surface area contributed by atoms with Gasteiger partial charge in [-0.2, -0.15) is 16.2 Å². The maximum absolute atomic E-state index is 13.4. The lowest BCUT2D eigenvalue weighted by Gasteiger charge is -2.10. The second-order valence-electron chi connectivity index (χ2n) is 4.31. The molecule has 1 unspecified atom stereocenters. The summed E-state index contributed by atoms with van der Waals surface area (Å²) < 4.78 is 13.4. The molecule has 1 aromatic rings. The van der Waals surface area contributed by atoms with Gasteiger partial charge in [-0.1, -0.05) is 6.07 Å². The van der Waals surface area contributed by atoms with Crippen LogP contribution in [0.15, 0.2) is 18.2 Å². The summed E-state index contributed by atoms with van der Waals surface area (Å²) in [6.07, 6.45) is 2.50. The number of hydrogen-bond donors (Lipinski definition) is 1. The minimum Gasteiger partial charge on any atom is -0.312 e. The van der Waals surface area contributed by atoms with Gasteiger partial charge in [-0.05, 0) is 30.2 Å². The highest BCUT2D eigenvalue weighted by Crippen LogP contribution is 2.25. The fourth-order valence-corrected chi connectivity index (χ4v) is 3.23. The first-order valence-electron chi connectivity index (χ1n) is 5.92. The zero-order valence-electron chi connectivity index (χ0n) is 9.89. The number of nitrogens with one attached hydrogen (secondary N) is 1. The highest BCUT2D eigenvalue weighted by atomic mass is 32.2. The number of rotatable bonds is 5. The van der Waals surface area contributed by atoms with Crippen molar-refractivity contribution >= 4 is 17.4 Å². The van der Waals surface area contributed by atoms with Crippen molar-refractivity contribution in [2.45, 2.75) is 24.6 Å². The third-order valence-electron chi connectivity index (χ3n) is 2.93. The Morgan fingerprint density at radius 3 is 3.00 bits per heavy atom. The maximum atomic E-state index is 13.4. The van der Waals surface area contributed by atoms with E-state index in [1.54, 1.807) is 6.07 Å². The van der Waals surface area contributed by atoms with Crippen LogP contribution in [0.2, 0.25) is 0 Å². The molecule has 0 bridgehead atoms. The Bertz CT molecular complexity index is 436. The molecule has 1 aliphatic heterocycles. The van der Waals surface area contributed by atoms with Gasteiger partial charge in [0.05, 0.1) is 4.92 Å². The molecule has 0 aliphatic carbocycles. The number of nitrogens with zero attached hydrogens (tertiary/aromatic N) is 1. The average molecular weight is 270 g/mol. The molecule has 0 aromatic heterocycles. The van der Waals surface area contributed by atoms with Gasteiger partial charge in [0.2, 0.25) is 5.82 Å². The van der Waals surface area contributed by atoms with E-state index in [-0.39, 0.29) is 0 Å². The van der Waals surface area contributed by atoms with E-state index < -0.39 is 16.4 Å². The van der Waals surface area contributed by atoms with E-state index in [2.05, 4.69) is 5.32 Å². The normalized spacial score (nSPS) is 19.1. The van der Waals surface area contributed by atoms with Crippen molar-refractivity contribution in [2.24, 2.45) is 0 Å². The Labute approximate surface area is 109 Å². The van der Waals surface area contributed by atoms with Crippen molar-refractivity contribution in [1.82, 2.24) is 5.32 Å². The summed E-state index contributed by atoms with van der Waals surface area (Å²) in [4.78, 5) is 9.76. The molecule has 0 radical (unpaired) electrons. The Morgan fingerprint density at radius 2 is 2.39 bits per heavy atom.